The second-order valence-corrected chi connectivity index (χ2v) is 8.06. The quantitative estimate of drug-likeness (QED) is 0.828. The molecule has 0 aromatic heterocycles. The Kier molecular flexibility index (Phi) is 6.20. The van der Waals surface area contributed by atoms with Gasteiger partial charge < -0.3 is 10.6 Å². The molecular formula is C20H29FN2O2. The lowest BCUT2D eigenvalue weighted by Crippen LogP contribution is -2.47. The van der Waals surface area contributed by atoms with Crippen LogP contribution in [0.5, 0.6) is 0 Å². The minimum Gasteiger partial charge on any atom is -0.355 e. The molecule has 0 bridgehead atoms. The van der Waals surface area contributed by atoms with Gasteiger partial charge in [-0.05, 0) is 51.7 Å². The highest BCUT2D eigenvalue weighted by atomic mass is 19.1. The van der Waals surface area contributed by atoms with Crippen molar-refractivity contribution in [2.24, 2.45) is 5.41 Å². The summed E-state index contributed by atoms with van der Waals surface area (Å²) in [6.45, 7) is 6.17. The molecule has 2 amide bonds. The van der Waals surface area contributed by atoms with Gasteiger partial charge in [0.05, 0.1) is 5.41 Å². The molecule has 1 aliphatic carbocycles. The largest absolute Gasteiger partial charge is 0.355 e. The molecule has 0 radical (unpaired) electrons. The topological polar surface area (TPSA) is 58.2 Å². The molecule has 1 fully saturated rings. The van der Waals surface area contributed by atoms with Crippen LogP contribution in [0.2, 0.25) is 0 Å². The second kappa shape index (κ2) is 7.98. The minimum absolute atomic E-state index is 0.0783. The smallest absolute Gasteiger partial charge is 0.226 e. The average Bonchev–Trinajstić information content (AvgIpc) is 2.96. The van der Waals surface area contributed by atoms with Crippen molar-refractivity contribution >= 4 is 11.8 Å². The van der Waals surface area contributed by atoms with Crippen molar-refractivity contribution in [3.05, 3.63) is 35.6 Å². The van der Waals surface area contributed by atoms with Crippen molar-refractivity contribution in [2.45, 2.75) is 64.8 Å². The van der Waals surface area contributed by atoms with E-state index in [2.05, 4.69) is 10.6 Å². The van der Waals surface area contributed by atoms with Crippen molar-refractivity contribution < 1.29 is 14.0 Å². The summed E-state index contributed by atoms with van der Waals surface area (Å²) >= 11 is 0. The molecular weight excluding hydrogens is 319 g/mol. The number of hydrogen-bond donors (Lipinski definition) is 2. The van der Waals surface area contributed by atoms with Crippen LogP contribution in [0, 0.1) is 11.2 Å². The maximum atomic E-state index is 13.7. The fourth-order valence-corrected chi connectivity index (χ4v) is 3.51. The second-order valence-electron chi connectivity index (χ2n) is 8.06. The first-order valence-corrected chi connectivity index (χ1v) is 9.05. The third kappa shape index (κ3) is 5.55. The normalized spacial score (nSPS) is 16.5. The number of hydrogen-bond acceptors (Lipinski definition) is 2. The van der Waals surface area contributed by atoms with Crippen LogP contribution in [0.1, 0.15) is 58.4 Å². The van der Waals surface area contributed by atoms with E-state index in [1.807, 2.05) is 20.8 Å². The van der Waals surface area contributed by atoms with Crippen LogP contribution < -0.4 is 10.6 Å². The molecule has 2 N–H and O–H groups in total. The van der Waals surface area contributed by atoms with E-state index < -0.39 is 5.41 Å². The number of halogens is 1. The fraction of sp³-hybridized carbons (Fsp3) is 0.600. The predicted octanol–water partition coefficient (Wildman–Crippen LogP) is 3.35. The molecule has 1 aliphatic rings. The van der Waals surface area contributed by atoms with Gasteiger partial charge in [0.1, 0.15) is 5.82 Å². The lowest BCUT2D eigenvalue weighted by molar-refractivity contribution is -0.136. The Hall–Kier alpha value is -1.91. The summed E-state index contributed by atoms with van der Waals surface area (Å²) in [7, 11) is 0. The van der Waals surface area contributed by atoms with Crippen molar-refractivity contribution in [2.75, 3.05) is 6.54 Å². The number of rotatable bonds is 6. The average molecular weight is 348 g/mol. The lowest BCUT2D eigenvalue weighted by atomic mass is 9.81. The molecule has 1 aromatic rings. The van der Waals surface area contributed by atoms with Crippen molar-refractivity contribution in [3.8, 4) is 0 Å². The molecule has 1 saturated carbocycles. The number of amides is 2. The van der Waals surface area contributed by atoms with Crippen LogP contribution in [0.3, 0.4) is 0 Å². The van der Waals surface area contributed by atoms with Crippen molar-refractivity contribution in [1.82, 2.24) is 10.6 Å². The first kappa shape index (κ1) is 19.4. The zero-order valence-electron chi connectivity index (χ0n) is 15.5. The van der Waals surface area contributed by atoms with Gasteiger partial charge in [-0.2, -0.15) is 0 Å². The molecule has 1 aromatic carbocycles. The lowest BCUT2D eigenvalue weighted by Gasteiger charge is -2.29. The van der Waals surface area contributed by atoms with E-state index in [1.165, 1.54) is 6.07 Å². The minimum atomic E-state index is -0.620. The molecule has 5 heteroatoms. The zero-order chi connectivity index (χ0) is 18.5. The summed E-state index contributed by atoms with van der Waals surface area (Å²) in [5, 5.41) is 5.87. The van der Waals surface area contributed by atoms with Crippen LogP contribution in [-0.4, -0.2) is 23.9 Å². The van der Waals surface area contributed by atoms with E-state index in [0.29, 0.717) is 18.5 Å². The molecule has 0 spiro atoms. The fourth-order valence-electron chi connectivity index (χ4n) is 3.51. The van der Waals surface area contributed by atoms with Gasteiger partial charge >= 0.3 is 0 Å². The Labute approximate surface area is 149 Å². The third-order valence-corrected chi connectivity index (χ3v) is 4.69. The maximum Gasteiger partial charge on any atom is 0.226 e. The number of benzene rings is 1. The van der Waals surface area contributed by atoms with E-state index in [0.717, 1.165) is 25.7 Å². The summed E-state index contributed by atoms with van der Waals surface area (Å²) < 4.78 is 13.7. The van der Waals surface area contributed by atoms with Crippen LogP contribution >= 0.6 is 0 Å². The molecule has 25 heavy (non-hydrogen) atoms. The van der Waals surface area contributed by atoms with Gasteiger partial charge in [-0.25, -0.2) is 4.39 Å². The van der Waals surface area contributed by atoms with E-state index in [1.54, 1.807) is 18.2 Å². The Bertz CT molecular complexity index is 616. The van der Waals surface area contributed by atoms with Gasteiger partial charge in [0.15, 0.2) is 0 Å². The van der Waals surface area contributed by atoms with Crippen molar-refractivity contribution in [1.29, 1.82) is 0 Å². The molecule has 0 saturated heterocycles. The highest BCUT2D eigenvalue weighted by Gasteiger charge is 2.42. The molecule has 138 valence electrons. The van der Waals surface area contributed by atoms with Crippen LogP contribution in [-0.2, 0) is 16.0 Å². The molecule has 0 aliphatic heterocycles. The summed E-state index contributed by atoms with van der Waals surface area (Å²) in [5.41, 5.74) is -0.336. The van der Waals surface area contributed by atoms with Gasteiger partial charge in [-0.15, -0.1) is 0 Å². The van der Waals surface area contributed by atoms with Crippen LogP contribution in [0.15, 0.2) is 24.3 Å². The van der Waals surface area contributed by atoms with Crippen LogP contribution in [0.4, 0.5) is 4.39 Å². The van der Waals surface area contributed by atoms with Crippen LogP contribution in [0.25, 0.3) is 0 Å². The van der Waals surface area contributed by atoms with E-state index in [-0.39, 0.29) is 29.6 Å². The number of carbonyl (C=O) groups is 2. The Morgan fingerprint density at radius 3 is 2.40 bits per heavy atom. The number of carbonyl (C=O) groups excluding carboxylic acids is 2. The van der Waals surface area contributed by atoms with Gasteiger partial charge in [0.25, 0.3) is 0 Å². The highest BCUT2D eigenvalue weighted by Crippen LogP contribution is 2.41. The monoisotopic (exact) mass is 348 g/mol. The summed E-state index contributed by atoms with van der Waals surface area (Å²) in [5.74, 6) is -0.416. The summed E-state index contributed by atoms with van der Waals surface area (Å²) in [6.07, 6.45) is 4.05. The molecule has 2 rings (SSSR count). The number of nitrogens with one attached hydrogen (secondary N) is 2. The zero-order valence-corrected chi connectivity index (χ0v) is 15.5. The Morgan fingerprint density at radius 1 is 1.16 bits per heavy atom. The molecule has 0 unspecified atom stereocenters. The van der Waals surface area contributed by atoms with Gasteiger partial charge in [-0.3, -0.25) is 9.59 Å². The first-order valence-electron chi connectivity index (χ1n) is 9.05. The summed E-state index contributed by atoms with van der Waals surface area (Å²) in [6, 6.07) is 6.59. The maximum absolute atomic E-state index is 13.7. The van der Waals surface area contributed by atoms with Gasteiger partial charge in [0.2, 0.25) is 11.8 Å². The molecule has 4 nitrogen and oxygen atoms in total. The Balaban J connectivity index is 1.93. The third-order valence-electron chi connectivity index (χ3n) is 4.69. The standard InChI is InChI=1S/C20H29FN2O2/c1-19(2,3)23-17(24)14-20(11-6-7-12-20)18(25)22-13-10-15-8-4-5-9-16(15)21/h4-5,8-9H,6-7,10-14H2,1-3H3,(H,22,25)(H,23,24). The van der Waals surface area contributed by atoms with Crippen molar-refractivity contribution in [3.63, 3.8) is 0 Å². The van der Waals surface area contributed by atoms with E-state index >= 15 is 0 Å². The first-order chi connectivity index (χ1) is 11.7. The molecule has 0 atom stereocenters. The summed E-state index contributed by atoms with van der Waals surface area (Å²) in [4.78, 5) is 25.1. The van der Waals surface area contributed by atoms with Gasteiger partial charge in [0, 0.05) is 18.5 Å². The van der Waals surface area contributed by atoms with Gasteiger partial charge in [-0.1, -0.05) is 31.0 Å². The Morgan fingerprint density at radius 2 is 1.80 bits per heavy atom. The molecule has 0 heterocycles. The predicted molar refractivity (Wildman–Crippen MR) is 96.5 cm³/mol. The highest BCUT2D eigenvalue weighted by molar-refractivity contribution is 5.89. The SMILES string of the molecule is CC(C)(C)NC(=O)CC1(C(=O)NCCc2ccccc2F)CCCC1. The van der Waals surface area contributed by atoms with E-state index in [9.17, 15) is 14.0 Å². The van der Waals surface area contributed by atoms with E-state index in [4.69, 9.17) is 0 Å².